The zero-order valence-electron chi connectivity index (χ0n) is 17.1. The van der Waals surface area contributed by atoms with Gasteiger partial charge in [-0.2, -0.15) is 0 Å². The number of hydrogen-bond donors (Lipinski definition) is 0. The van der Waals surface area contributed by atoms with Crippen LogP contribution in [0.15, 0.2) is 0 Å². The van der Waals surface area contributed by atoms with E-state index >= 15 is 0 Å². The van der Waals surface area contributed by atoms with Gasteiger partial charge in [-0.1, -0.05) is 71.6 Å². The summed E-state index contributed by atoms with van der Waals surface area (Å²) < 4.78 is 10.9. The quantitative estimate of drug-likeness (QED) is 0.286. The number of esters is 2. The summed E-state index contributed by atoms with van der Waals surface area (Å²) in [5.41, 5.74) is 0. The van der Waals surface area contributed by atoms with Crippen molar-refractivity contribution in [2.75, 3.05) is 13.2 Å². The molecule has 4 nitrogen and oxygen atoms in total. The lowest BCUT2D eigenvalue weighted by Gasteiger charge is -2.26. The van der Waals surface area contributed by atoms with E-state index in [1.165, 1.54) is 38.5 Å². The number of rotatable bonds is 14. The minimum absolute atomic E-state index is 0.113. The first-order valence-electron chi connectivity index (χ1n) is 11.0. The van der Waals surface area contributed by atoms with Crippen LogP contribution in [0.5, 0.6) is 0 Å². The highest BCUT2D eigenvalue weighted by Gasteiger charge is 2.32. The Morgan fingerprint density at radius 2 is 1.12 bits per heavy atom. The molecule has 152 valence electrons. The fraction of sp³-hybridized carbons (Fsp3) is 0.909. The van der Waals surface area contributed by atoms with Crippen LogP contribution in [-0.4, -0.2) is 25.2 Å². The molecule has 2 unspecified atom stereocenters. The Morgan fingerprint density at radius 3 is 1.54 bits per heavy atom. The lowest BCUT2D eigenvalue weighted by atomic mass is 9.81. The maximum absolute atomic E-state index is 12.2. The molecule has 1 rings (SSSR count). The van der Waals surface area contributed by atoms with Crippen LogP contribution in [0, 0.1) is 11.8 Å². The van der Waals surface area contributed by atoms with Gasteiger partial charge in [-0.05, 0) is 32.1 Å². The molecule has 1 fully saturated rings. The standard InChI is InChI=1S/C22H40O4/c1-3-5-7-9-11-16-25-21(23)19-14-13-15-20(18-19)22(24)26-17-12-10-8-6-4-2/h19-20H,3-18H2,1-2H3. The Morgan fingerprint density at radius 1 is 0.692 bits per heavy atom. The average Bonchev–Trinajstić information content (AvgIpc) is 2.67. The highest BCUT2D eigenvalue weighted by atomic mass is 16.5. The molecule has 0 amide bonds. The fourth-order valence-corrected chi connectivity index (χ4v) is 3.61. The second-order valence-electron chi connectivity index (χ2n) is 7.72. The Hall–Kier alpha value is -1.06. The molecule has 0 aromatic rings. The molecule has 0 heterocycles. The Bertz CT molecular complexity index is 346. The van der Waals surface area contributed by atoms with Crippen molar-refractivity contribution in [3.8, 4) is 0 Å². The Balaban J connectivity index is 2.17. The van der Waals surface area contributed by atoms with E-state index in [0.29, 0.717) is 19.6 Å². The highest BCUT2D eigenvalue weighted by molar-refractivity contribution is 5.76. The van der Waals surface area contributed by atoms with E-state index in [-0.39, 0.29) is 23.8 Å². The van der Waals surface area contributed by atoms with Gasteiger partial charge in [0.25, 0.3) is 0 Å². The lowest BCUT2D eigenvalue weighted by molar-refractivity contribution is -0.155. The van der Waals surface area contributed by atoms with Crippen LogP contribution in [0.4, 0.5) is 0 Å². The fourth-order valence-electron chi connectivity index (χ4n) is 3.61. The van der Waals surface area contributed by atoms with Gasteiger partial charge in [0.1, 0.15) is 0 Å². The molecular weight excluding hydrogens is 328 g/mol. The molecular formula is C22H40O4. The largest absolute Gasteiger partial charge is 0.465 e. The Kier molecular flexibility index (Phi) is 13.3. The van der Waals surface area contributed by atoms with Gasteiger partial charge in [-0.3, -0.25) is 9.59 Å². The first-order chi connectivity index (χ1) is 12.7. The summed E-state index contributed by atoms with van der Waals surface area (Å²) in [6.45, 7) is 5.42. The van der Waals surface area contributed by atoms with Crippen molar-refractivity contribution in [3.05, 3.63) is 0 Å². The van der Waals surface area contributed by atoms with Crippen LogP contribution < -0.4 is 0 Å². The zero-order chi connectivity index (χ0) is 19.0. The van der Waals surface area contributed by atoms with Gasteiger partial charge in [-0.15, -0.1) is 0 Å². The summed E-state index contributed by atoms with van der Waals surface area (Å²) in [6.07, 6.45) is 14.7. The summed E-state index contributed by atoms with van der Waals surface area (Å²) in [5, 5.41) is 0. The predicted molar refractivity (Wildman–Crippen MR) is 105 cm³/mol. The van der Waals surface area contributed by atoms with E-state index in [0.717, 1.165) is 44.9 Å². The molecule has 0 aromatic carbocycles. The maximum Gasteiger partial charge on any atom is 0.308 e. The second-order valence-corrected chi connectivity index (χ2v) is 7.72. The summed E-state index contributed by atoms with van der Waals surface area (Å²) >= 11 is 0. The normalized spacial score (nSPS) is 19.9. The van der Waals surface area contributed by atoms with Crippen LogP contribution in [0.1, 0.15) is 104 Å². The molecule has 0 spiro atoms. The summed E-state index contributed by atoms with van der Waals surface area (Å²) in [6, 6.07) is 0. The molecule has 1 saturated carbocycles. The molecule has 0 radical (unpaired) electrons. The average molecular weight is 369 g/mol. The van der Waals surface area contributed by atoms with Gasteiger partial charge in [0.05, 0.1) is 25.0 Å². The zero-order valence-corrected chi connectivity index (χ0v) is 17.1. The second kappa shape index (κ2) is 15.0. The molecule has 0 saturated heterocycles. The first kappa shape index (κ1) is 23.0. The van der Waals surface area contributed by atoms with E-state index in [1.807, 2.05) is 0 Å². The highest BCUT2D eigenvalue weighted by Crippen LogP contribution is 2.31. The molecule has 2 atom stereocenters. The van der Waals surface area contributed by atoms with Gasteiger partial charge in [0, 0.05) is 0 Å². The maximum atomic E-state index is 12.2. The predicted octanol–water partition coefficient (Wildman–Crippen LogP) is 5.82. The van der Waals surface area contributed by atoms with Gasteiger partial charge in [-0.25, -0.2) is 0 Å². The third-order valence-electron chi connectivity index (χ3n) is 5.33. The van der Waals surface area contributed by atoms with E-state index < -0.39 is 0 Å². The van der Waals surface area contributed by atoms with Gasteiger partial charge in [0.2, 0.25) is 0 Å². The van der Waals surface area contributed by atoms with E-state index in [2.05, 4.69) is 13.8 Å². The molecule has 4 heteroatoms. The number of carbonyl (C=O) groups is 2. The molecule has 0 N–H and O–H groups in total. The van der Waals surface area contributed by atoms with Crippen molar-refractivity contribution in [1.82, 2.24) is 0 Å². The van der Waals surface area contributed by atoms with Crippen molar-refractivity contribution >= 4 is 11.9 Å². The summed E-state index contributed by atoms with van der Waals surface area (Å²) in [4.78, 5) is 24.5. The van der Waals surface area contributed by atoms with E-state index in [1.54, 1.807) is 0 Å². The molecule has 26 heavy (non-hydrogen) atoms. The first-order valence-corrected chi connectivity index (χ1v) is 11.0. The number of hydrogen-bond acceptors (Lipinski definition) is 4. The molecule has 0 aromatic heterocycles. The monoisotopic (exact) mass is 368 g/mol. The third-order valence-corrected chi connectivity index (χ3v) is 5.33. The van der Waals surface area contributed by atoms with Crippen molar-refractivity contribution in [1.29, 1.82) is 0 Å². The molecule has 1 aliphatic rings. The van der Waals surface area contributed by atoms with Crippen LogP contribution in [0.2, 0.25) is 0 Å². The minimum atomic E-state index is -0.124. The van der Waals surface area contributed by atoms with Gasteiger partial charge < -0.3 is 9.47 Å². The number of unbranched alkanes of at least 4 members (excludes halogenated alkanes) is 8. The van der Waals surface area contributed by atoms with Crippen molar-refractivity contribution in [3.63, 3.8) is 0 Å². The van der Waals surface area contributed by atoms with Crippen molar-refractivity contribution in [2.24, 2.45) is 11.8 Å². The SMILES string of the molecule is CCCCCCCOC(=O)C1CCCC(C(=O)OCCCCCCC)C1. The van der Waals surface area contributed by atoms with Gasteiger partial charge >= 0.3 is 11.9 Å². The van der Waals surface area contributed by atoms with Crippen LogP contribution in [-0.2, 0) is 19.1 Å². The van der Waals surface area contributed by atoms with Crippen molar-refractivity contribution in [2.45, 2.75) is 104 Å². The summed E-state index contributed by atoms with van der Waals surface area (Å²) in [7, 11) is 0. The van der Waals surface area contributed by atoms with Crippen molar-refractivity contribution < 1.29 is 19.1 Å². The van der Waals surface area contributed by atoms with E-state index in [4.69, 9.17) is 9.47 Å². The van der Waals surface area contributed by atoms with Crippen LogP contribution >= 0.6 is 0 Å². The number of ether oxygens (including phenoxy) is 2. The van der Waals surface area contributed by atoms with Crippen LogP contribution in [0.3, 0.4) is 0 Å². The minimum Gasteiger partial charge on any atom is -0.465 e. The molecule has 0 aliphatic heterocycles. The third kappa shape index (κ3) is 10.2. The molecule has 0 bridgehead atoms. The summed E-state index contributed by atoms with van der Waals surface area (Å²) in [5.74, 6) is -0.474. The van der Waals surface area contributed by atoms with Crippen LogP contribution in [0.25, 0.3) is 0 Å². The van der Waals surface area contributed by atoms with Gasteiger partial charge in [0.15, 0.2) is 0 Å². The Labute approximate surface area is 160 Å². The lowest BCUT2D eigenvalue weighted by Crippen LogP contribution is -2.30. The van der Waals surface area contributed by atoms with E-state index in [9.17, 15) is 9.59 Å². The topological polar surface area (TPSA) is 52.6 Å². The smallest absolute Gasteiger partial charge is 0.308 e. The number of carbonyl (C=O) groups excluding carboxylic acids is 2. The molecule has 1 aliphatic carbocycles.